The van der Waals surface area contributed by atoms with Crippen molar-refractivity contribution in [3.63, 3.8) is 0 Å². The van der Waals surface area contributed by atoms with Gasteiger partial charge in [0, 0.05) is 11.4 Å². The highest BCUT2D eigenvalue weighted by molar-refractivity contribution is 8.00. The first kappa shape index (κ1) is 11.0. The second kappa shape index (κ2) is 4.97. The van der Waals surface area contributed by atoms with E-state index in [0.29, 0.717) is 5.16 Å². The third kappa shape index (κ3) is 3.00. The Morgan fingerprint density at radius 1 is 1.43 bits per heavy atom. The number of nitriles is 1. The molecule has 0 N–H and O–H groups in total. The summed E-state index contributed by atoms with van der Waals surface area (Å²) < 4.78 is 0. The van der Waals surface area contributed by atoms with Crippen LogP contribution in [-0.4, -0.2) is 15.2 Å². The zero-order chi connectivity index (χ0) is 10.6. The van der Waals surface area contributed by atoms with Crippen molar-refractivity contribution in [1.29, 1.82) is 5.26 Å². The van der Waals surface area contributed by atoms with E-state index in [9.17, 15) is 0 Å². The van der Waals surface area contributed by atoms with Crippen molar-refractivity contribution in [2.24, 2.45) is 0 Å². The summed E-state index contributed by atoms with van der Waals surface area (Å²) in [6, 6.07) is 4.15. The van der Waals surface area contributed by atoms with E-state index in [2.05, 4.69) is 16.0 Å². The number of rotatable bonds is 3. The highest BCUT2D eigenvalue weighted by Crippen LogP contribution is 2.21. The van der Waals surface area contributed by atoms with Crippen LogP contribution in [0.5, 0.6) is 0 Å². The van der Waals surface area contributed by atoms with Crippen molar-refractivity contribution in [2.75, 3.05) is 0 Å². The smallest absolute Gasteiger partial charge is 0.189 e. The number of hydrogen-bond donors (Lipinski definition) is 0. The van der Waals surface area contributed by atoms with Crippen LogP contribution in [0.2, 0.25) is 0 Å². The maximum absolute atomic E-state index is 8.80. The highest BCUT2D eigenvalue weighted by atomic mass is 32.2. The first-order chi connectivity index (χ1) is 6.65. The summed E-state index contributed by atoms with van der Waals surface area (Å²) in [7, 11) is 0. The minimum Gasteiger partial charge on any atom is -0.228 e. The topological polar surface area (TPSA) is 49.6 Å². The minimum atomic E-state index is -0.0452. The van der Waals surface area contributed by atoms with Gasteiger partial charge in [0.2, 0.25) is 0 Å². The molecule has 0 bridgehead atoms. The van der Waals surface area contributed by atoms with E-state index in [-0.39, 0.29) is 5.25 Å². The Morgan fingerprint density at radius 3 is 2.43 bits per heavy atom. The molecular weight excluding hydrogens is 194 g/mol. The van der Waals surface area contributed by atoms with Crippen molar-refractivity contribution in [1.82, 2.24) is 9.97 Å². The van der Waals surface area contributed by atoms with Crippen molar-refractivity contribution in [3.05, 3.63) is 17.5 Å². The van der Waals surface area contributed by atoms with Crippen LogP contribution in [0.25, 0.3) is 0 Å². The fraction of sp³-hybridized carbons (Fsp3) is 0.500. The second-order valence-corrected chi connectivity index (χ2v) is 4.25. The van der Waals surface area contributed by atoms with Crippen LogP contribution in [-0.2, 0) is 0 Å². The van der Waals surface area contributed by atoms with Crippen LogP contribution in [0.15, 0.2) is 11.2 Å². The molecule has 0 saturated carbocycles. The third-order valence-corrected chi connectivity index (χ3v) is 2.84. The van der Waals surface area contributed by atoms with Gasteiger partial charge in [0.15, 0.2) is 5.16 Å². The molecule has 0 aliphatic heterocycles. The number of hydrogen-bond acceptors (Lipinski definition) is 4. The van der Waals surface area contributed by atoms with Crippen molar-refractivity contribution < 1.29 is 0 Å². The SMILES string of the molecule is CCC(C#N)Sc1nc(C)cc(C)n1. The van der Waals surface area contributed by atoms with E-state index in [1.165, 1.54) is 11.8 Å². The Hall–Kier alpha value is -1.08. The van der Waals surface area contributed by atoms with Crippen molar-refractivity contribution in [2.45, 2.75) is 37.6 Å². The van der Waals surface area contributed by atoms with Crippen LogP contribution in [0.4, 0.5) is 0 Å². The average molecular weight is 207 g/mol. The van der Waals surface area contributed by atoms with Crippen LogP contribution in [0, 0.1) is 25.2 Å². The molecule has 0 fully saturated rings. The molecular formula is C10H13N3S. The van der Waals surface area contributed by atoms with Gasteiger partial charge in [-0.15, -0.1) is 0 Å². The highest BCUT2D eigenvalue weighted by Gasteiger charge is 2.09. The summed E-state index contributed by atoms with van der Waals surface area (Å²) in [5.74, 6) is 0. The lowest BCUT2D eigenvalue weighted by Crippen LogP contribution is -2.00. The van der Waals surface area contributed by atoms with Gasteiger partial charge in [0.1, 0.15) is 0 Å². The molecule has 4 heteroatoms. The van der Waals surface area contributed by atoms with E-state index in [4.69, 9.17) is 5.26 Å². The Balaban J connectivity index is 2.82. The molecule has 0 amide bonds. The number of thioether (sulfide) groups is 1. The van der Waals surface area contributed by atoms with Gasteiger partial charge in [0.25, 0.3) is 0 Å². The molecule has 1 atom stereocenters. The van der Waals surface area contributed by atoms with Gasteiger partial charge in [-0.25, -0.2) is 9.97 Å². The molecule has 1 aromatic rings. The molecule has 1 aromatic heterocycles. The van der Waals surface area contributed by atoms with Gasteiger partial charge < -0.3 is 0 Å². The van der Waals surface area contributed by atoms with Gasteiger partial charge in [-0.05, 0) is 26.3 Å². The van der Waals surface area contributed by atoms with Gasteiger partial charge in [0.05, 0.1) is 11.3 Å². The zero-order valence-corrected chi connectivity index (χ0v) is 9.43. The van der Waals surface area contributed by atoms with Crippen molar-refractivity contribution in [3.8, 4) is 6.07 Å². The minimum absolute atomic E-state index is 0.0452. The molecule has 74 valence electrons. The summed E-state index contributed by atoms with van der Waals surface area (Å²) in [4.78, 5) is 8.54. The molecule has 1 rings (SSSR count). The van der Waals surface area contributed by atoms with Gasteiger partial charge >= 0.3 is 0 Å². The summed E-state index contributed by atoms with van der Waals surface area (Å²) >= 11 is 1.43. The van der Waals surface area contributed by atoms with E-state index in [1.807, 2.05) is 26.8 Å². The molecule has 3 nitrogen and oxygen atoms in total. The molecule has 1 unspecified atom stereocenters. The van der Waals surface area contributed by atoms with E-state index < -0.39 is 0 Å². The maximum Gasteiger partial charge on any atom is 0.189 e. The van der Waals surface area contributed by atoms with Crippen LogP contribution >= 0.6 is 11.8 Å². The Morgan fingerprint density at radius 2 is 2.00 bits per heavy atom. The van der Waals surface area contributed by atoms with Crippen LogP contribution < -0.4 is 0 Å². The fourth-order valence-electron chi connectivity index (χ4n) is 1.07. The lowest BCUT2D eigenvalue weighted by Gasteiger charge is -2.05. The van der Waals surface area contributed by atoms with Crippen molar-refractivity contribution >= 4 is 11.8 Å². The van der Waals surface area contributed by atoms with E-state index in [1.54, 1.807) is 0 Å². The van der Waals surface area contributed by atoms with Crippen LogP contribution in [0.3, 0.4) is 0 Å². The van der Waals surface area contributed by atoms with Gasteiger partial charge in [-0.1, -0.05) is 18.7 Å². The number of aryl methyl sites for hydroxylation is 2. The zero-order valence-electron chi connectivity index (χ0n) is 8.61. The Bertz CT molecular complexity index is 337. The summed E-state index contributed by atoms with van der Waals surface area (Å²) in [6.07, 6.45) is 0.817. The lowest BCUT2D eigenvalue weighted by atomic mass is 10.4. The molecule has 0 saturated heterocycles. The lowest BCUT2D eigenvalue weighted by molar-refractivity contribution is 0.889. The molecule has 14 heavy (non-hydrogen) atoms. The average Bonchev–Trinajstić information content (AvgIpc) is 2.12. The summed E-state index contributed by atoms with van der Waals surface area (Å²) in [6.45, 7) is 5.86. The van der Waals surface area contributed by atoms with Gasteiger partial charge in [-0.2, -0.15) is 5.26 Å². The predicted octanol–water partition coefficient (Wildman–Crippen LogP) is 2.49. The normalized spacial score (nSPS) is 12.1. The van der Waals surface area contributed by atoms with Gasteiger partial charge in [-0.3, -0.25) is 0 Å². The Kier molecular flexibility index (Phi) is 3.90. The fourth-order valence-corrected chi connectivity index (χ4v) is 1.94. The largest absolute Gasteiger partial charge is 0.228 e. The standard InChI is InChI=1S/C10H13N3S/c1-4-9(6-11)14-10-12-7(2)5-8(3)13-10/h5,9H,4H2,1-3H3. The molecule has 0 radical (unpaired) electrons. The first-order valence-electron chi connectivity index (χ1n) is 4.54. The first-order valence-corrected chi connectivity index (χ1v) is 5.42. The van der Waals surface area contributed by atoms with E-state index in [0.717, 1.165) is 17.8 Å². The second-order valence-electron chi connectivity index (χ2n) is 3.08. The predicted molar refractivity (Wildman–Crippen MR) is 57.1 cm³/mol. The van der Waals surface area contributed by atoms with E-state index >= 15 is 0 Å². The third-order valence-electron chi connectivity index (χ3n) is 1.72. The molecule has 0 aromatic carbocycles. The molecule has 1 heterocycles. The monoisotopic (exact) mass is 207 g/mol. The molecule has 0 spiro atoms. The summed E-state index contributed by atoms with van der Waals surface area (Å²) in [5.41, 5.74) is 1.90. The van der Waals surface area contributed by atoms with Crippen LogP contribution in [0.1, 0.15) is 24.7 Å². The summed E-state index contributed by atoms with van der Waals surface area (Å²) in [5, 5.41) is 9.46. The molecule has 0 aliphatic rings. The Labute approximate surface area is 88.6 Å². The number of nitrogens with zero attached hydrogens (tertiary/aromatic N) is 3. The molecule has 0 aliphatic carbocycles. The quantitative estimate of drug-likeness (QED) is 0.564. The maximum atomic E-state index is 8.80. The number of aromatic nitrogens is 2.